The number of rotatable bonds is 6. The Morgan fingerprint density at radius 3 is 2.43 bits per heavy atom. The van der Waals surface area contributed by atoms with Crippen molar-refractivity contribution in [3.8, 4) is 0 Å². The first kappa shape index (κ1) is 15.7. The van der Waals surface area contributed by atoms with E-state index < -0.39 is 0 Å². The van der Waals surface area contributed by atoms with Crippen molar-refractivity contribution in [2.75, 3.05) is 6.54 Å². The highest BCUT2D eigenvalue weighted by molar-refractivity contribution is 5.18. The molecule has 114 valence electrons. The van der Waals surface area contributed by atoms with Gasteiger partial charge in [-0.2, -0.15) is 0 Å². The fraction of sp³-hybridized carbons (Fsp3) is 0.471. The highest BCUT2D eigenvalue weighted by Crippen LogP contribution is 2.26. The maximum Gasteiger partial charge on any atom is 0.123 e. The Bertz CT molecular complexity index is 560. The molecular formula is C17H24FN3. The van der Waals surface area contributed by atoms with E-state index in [1.165, 1.54) is 17.8 Å². The average molecular weight is 289 g/mol. The molecule has 2 atom stereocenters. The second-order valence-corrected chi connectivity index (χ2v) is 5.99. The molecule has 0 spiro atoms. The Hall–Kier alpha value is -1.68. The second-order valence-electron chi connectivity index (χ2n) is 5.99. The van der Waals surface area contributed by atoms with Gasteiger partial charge in [-0.25, -0.2) is 9.37 Å². The molecule has 0 aliphatic rings. The van der Waals surface area contributed by atoms with Crippen LogP contribution >= 0.6 is 0 Å². The van der Waals surface area contributed by atoms with Crippen LogP contribution in [0.15, 0.2) is 36.8 Å². The van der Waals surface area contributed by atoms with Crippen LogP contribution in [0.4, 0.5) is 4.39 Å². The van der Waals surface area contributed by atoms with Gasteiger partial charge in [0.05, 0.1) is 6.33 Å². The van der Waals surface area contributed by atoms with Crippen molar-refractivity contribution >= 4 is 0 Å². The molecule has 2 N–H and O–H groups in total. The molecule has 21 heavy (non-hydrogen) atoms. The van der Waals surface area contributed by atoms with Gasteiger partial charge in [-0.05, 0) is 37.0 Å². The topological polar surface area (TPSA) is 43.8 Å². The molecule has 2 aromatic rings. The molecule has 2 rings (SSSR count). The normalized spacial score (nSPS) is 14.4. The molecule has 1 aromatic carbocycles. The van der Waals surface area contributed by atoms with Crippen molar-refractivity contribution in [2.24, 2.45) is 11.7 Å². The van der Waals surface area contributed by atoms with Gasteiger partial charge >= 0.3 is 0 Å². The summed E-state index contributed by atoms with van der Waals surface area (Å²) in [5.74, 6) is 0.587. The van der Waals surface area contributed by atoms with Crippen molar-refractivity contribution in [3.63, 3.8) is 0 Å². The lowest BCUT2D eigenvalue weighted by Crippen LogP contribution is -2.22. The number of hydrogen-bond donors (Lipinski definition) is 1. The molecule has 0 aliphatic heterocycles. The van der Waals surface area contributed by atoms with Crippen LogP contribution in [0.3, 0.4) is 0 Å². The molecule has 0 aliphatic carbocycles. The van der Waals surface area contributed by atoms with Crippen molar-refractivity contribution < 1.29 is 4.39 Å². The summed E-state index contributed by atoms with van der Waals surface area (Å²) in [4.78, 5) is 4.30. The number of hydrogen-bond acceptors (Lipinski definition) is 2. The molecule has 1 aromatic heterocycles. The fourth-order valence-electron chi connectivity index (χ4n) is 2.76. The number of halogens is 1. The number of imidazole rings is 1. The first-order chi connectivity index (χ1) is 10.0. The van der Waals surface area contributed by atoms with Crippen LogP contribution in [0, 0.1) is 11.7 Å². The molecule has 3 nitrogen and oxygen atoms in total. The lowest BCUT2D eigenvalue weighted by molar-refractivity contribution is 0.443. The standard InChI is InChI=1S/C17H24FN3/c1-12(2)16(9-19)17-10-20-11-21(17)13(3)8-14-4-6-15(18)7-5-14/h4-7,10-13,16H,8-9,19H2,1-3H3. The Morgan fingerprint density at radius 2 is 1.86 bits per heavy atom. The van der Waals surface area contributed by atoms with E-state index in [2.05, 4.69) is 30.3 Å². The van der Waals surface area contributed by atoms with Gasteiger partial charge < -0.3 is 10.3 Å². The SMILES string of the molecule is CC(C)C(CN)c1cncn1C(C)Cc1ccc(F)cc1. The number of aromatic nitrogens is 2. The first-order valence-corrected chi connectivity index (χ1v) is 7.49. The molecule has 0 radical (unpaired) electrons. The van der Waals surface area contributed by atoms with Crippen LogP contribution in [-0.2, 0) is 6.42 Å². The molecule has 0 saturated heterocycles. The minimum absolute atomic E-state index is 0.197. The van der Waals surface area contributed by atoms with Gasteiger partial charge in [-0.3, -0.25) is 0 Å². The lowest BCUT2D eigenvalue weighted by atomic mass is 9.92. The van der Waals surface area contributed by atoms with E-state index in [9.17, 15) is 4.39 Å². The largest absolute Gasteiger partial charge is 0.331 e. The summed E-state index contributed by atoms with van der Waals surface area (Å²) in [6.45, 7) is 7.13. The molecule has 0 fully saturated rings. The Balaban J connectivity index is 2.18. The zero-order chi connectivity index (χ0) is 15.4. The summed E-state index contributed by atoms with van der Waals surface area (Å²) in [5, 5.41) is 0. The highest BCUT2D eigenvalue weighted by atomic mass is 19.1. The van der Waals surface area contributed by atoms with Gasteiger partial charge in [-0.1, -0.05) is 26.0 Å². The molecule has 1 heterocycles. The molecule has 0 saturated carbocycles. The maximum atomic E-state index is 13.0. The highest BCUT2D eigenvalue weighted by Gasteiger charge is 2.20. The van der Waals surface area contributed by atoms with Crippen LogP contribution in [0.2, 0.25) is 0 Å². The van der Waals surface area contributed by atoms with Crippen molar-refractivity contribution in [2.45, 2.75) is 39.2 Å². The molecule has 0 amide bonds. The zero-order valence-electron chi connectivity index (χ0n) is 13.0. The first-order valence-electron chi connectivity index (χ1n) is 7.49. The Kier molecular flexibility index (Phi) is 5.12. The minimum Gasteiger partial charge on any atom is -0.331 e. The van der Waals surface area contributed by atoms with E-state index in [4.69, 9.17) is 5.73 Å². The van der Waals surface area contributed by atoms with Crippen molar-refractivity contribution in [1.82, 2.24) is 9.55 Å². The van der Waals surface area contributed by atoms with Crippen molar-refractivity contribution in [3.05, 3.63) is 53.9 Å². The predicted octanol–water partition coefficient (Wildman–Crippen LogP) is 3.52. The van der Waals surface area contributed by atoms with Crippen LogP contribution in [-0.4, -0.2) is 16.1 Å². The maximum absolute atomic E-state index is 13.0. The summed E-state index contributed by atoms with van der Waals surface area (Å²) in [6, 6.07) is 6.96. The third-order valence-corrected chi connectivity index (χ3v) is 4.05. The van der Waals surface area contributed by atoms with Gasteiger partial charge in [-0.15, -0.1) is 0 Å². The predicted molar refractivity (Wildman–Crippen MR) is 83.7 cm³/mol. The summed E-state index contributed by atoms with van der Waals surface area (Å²) < 4.78 is 15.2. The van der Waals surface area contributed by atoms with Crippen LogP contribution in [0.5, 0.6) is 0 Å². The van der Waals surface area contributed by atoms with Gasteiger partial charge in [0.15, 0.2) is 0 Å². The Labute approximate surface area is 126 Å². The van der Waals surface area contributed by atoms with Crippen LogP contribution in [0.1, 0.15) is 44.0 Å². The van der Waals surface area contributed by atoms with Gasteiger partial charge in [0.1, 0.15) is 5.82 Å². The Morgan fingerprint density at radius 1 is 1.19 bits per heavy atom. The summed E-state index contributed by atoms with van der Waals surface area (Å²) >= 11 is 0. The fourth-order valence-corrected chi connectivity index (χ4v) is 2.76. The van der Waals surface area contributed by atoms with Gasteiger partial charge in [0.2, 0.25) is 0 Å². The third kappa shape index (κ3) is 3.70. The molecular weight excluding hydrogens is 265 g/mol. The van der Waals surface area contributed by atoms with Crippen LogP contribution < -0.4 is 5.73 Å². The van der Waals surface area contributed by atoms with Crippen molar-refractivity contribution in [1.29, 1.82) is 0 Å². The van der Waals surface area contributed by atoms with Gasteiger partial charge in [0, 0.05) is 30.4 Å². The number of nitrogens with two attached hydrogens (primary N) is 1. The van der Waals surface area contributed by atoms with E-state index in [1.807, 2.05) is 24.7 Å². The van der Waals surface area contributed by atoms with Crippen LogP contribution in [0.25, 0.3) is 0 Å². The zero-order valence-corrected chi connectivity index (χ0v) is 13.0. The average Bonchev–Trinajstić information content (AvgIpc) is 2.91. The molecule has 2 unspecified atom stereocenters. The molecule has 0 bridgehead atoms. The van der Waals surface area contributed by atoms with E-state index in [1.54, 1.807) is 0 Å². The monoisotopic (exact) mass is 289 g/mol. The second kappa shape index (κ2) is 6.85. The lowest BCUT2D eigenvalue weighted by Gasteiger charge is -2.24. The third-order valence-electron chi connectivity index (χ3n) is 4.05. The van der Waals surface area contributed by atoms with E-state index in [0.717, 1.165) is 12.0 Å². The smallest absolute Gasteiger partial charge is 0.123 e. The summed E-state index contributed by atoms with van der Waals surface area (Å²) in [6.07, 6.45) is 4.63. The minimum atomic E-state index is -0.197. The quantitative estimate of drug-likeness (QED) is 0.884. The van der Waals surface area contributed by atoms with E-state index in [0.29, 0.717) is 18.4 Å². The summed E-state index contributed by atoms with van der Waals surface area (Å²) in [7, 11) is 0. The summed E-state index contributed by atoms with van der Waals surface area (Å²) in [5.41, 5.74) is 8.23. The number of nitrogens with zero attached hydrogens (tertiary/aromatic N) is 2. The number of benzene rings is 1. The van der Waals surface area contributed by atoms with E-state index >= 15 is 0 Å². The molecule has 4 heteroatoms. The van der Waals surface area contributed by atoms with E-state index in [-0.39, 0.29) is 11.9 Å². The van der Waals surface area contributed by atoms with Gasteiger partial charge in [0.25, 0.3) is 0 Å².